The lowest BCUT2D eigenvalue weighted by atomic mass is 10.1. The number of amides is 1. The molecule has 1 amide bonds. The molecule has 0 bridgehead atoms. The zero-order valence-electron chi connectivity index (χ0n) is 15.0. The smallest absolute Gasteiger partial charge is 0.259 e. The molecule has 0 aromatic heterocycles. The number of rotatable bonds is 2. The van der Waals surface area contributed by atoms with Gasteiger partial charge in [-0.25, -0.2) is 4.99 Å². The van der Waals surface area contributed by atoms with E-state index in [-0.39, 0.29) is 5.91 Å². The molecule has 3 aromatic carbocycles. The molecule has 4 rings (SSSR count). The molecule has 1 fully saturated rings. The number of aryl methyl sites for hydroxylation is 1. The number of aliphatic imine (C=N–C) groups is 1. The third kappa shape index (κ3) is 3.87. The van der Waals surface area contributed by atoms with Crippen LogP contribution >= 0.6 is 23.4 Å². The minimum absolute atomic E-state index is 0.00934. The number of fused-ring (bicyclic) bond motifs is 1. The third-order valence-corrected chi connectivity index (χ3v) is 6.08. The van der Waals surface area contributed by atoms with Crippen molar-refractivity contribution in [3.05, 3.63) is 76.8 Å². The molecule has 0 unspecified atom stereocenters. The molecule has 1 saturated heterocycles. The summed E-state index contributed by atoms with van der Waals surface area (Å²) in [5, 5.41) is 3.62. The second-order valence-electron chi connectivity index (χ2n) is 6.55. The molecule has 3 aromatic rings. The number of carbonyl (C=O) groups is 1. The zero-order valence-corrected chi connectivity index (χ0v) is 16.6. The van der Waals surface area contributed by atoms with Gasteiger partial charge in [-0.2, -0.15) is 0 Å². The van der Waals surface area contributed by atoms with Crippen LogP contribution in [0.3, 0.4) is 0 Å². The van der Waals surface area contributed by atoms with Gasteiger partial charge in [-0.3, -0.25) is 9.69 Å². The summed E-state index contributed by atoms with van der Waals surface area (Å²) >= 11 is 7.84. The first-order valence-corrected chi connectivity index (χ1v) is 10.3. The molecular formula is C22H19ClN2OS. The van der Waals surface area contributed by atoms with Crippen LogP contribution in [0.1, 0.15) is 22.3 Å². The minimum atomic E-state index is -0.00934. The average molecular weight is 395 g/mol. The van der Waals surface area contributed by atoms with Crippen molar-refractivity contribution in [2.24, 2.45) is 4.99 Å². The van der Waals surface area contributed by atoms with Gasteiger partial charge >= 0.3 is 0 Å². The van der Waals surface area contributed by atoms with E-state index in [9.17, 15) is 4.79 Å². The van der Waals surface area contributed by atoms with Gasteiger partial charge in [-0.15, -0.1) is 0 Å². The zero-order chi connectivity index (χ0) is 18.8. The van der Waals surface area contributed by atoms with Crippen LogP contribution in [0.5, 0.6) is 0 Å². The first kappa shape index (κ1) is 18.1. The maximum atomic E-state index is 13.2. The lowest BCUT2D eigenvalue weighted by Crippen LogP contribution is -2.39. The maximum absolute atomic E-state index is 13.2. The van der Waals surface area contributed by atoms with Crippen LogP contribution in [0.2, 0.25) is 5.02 Å². The topological polar surface area (TPSA) is 32.7 Å². The number of halogens is 1. The molecule has 136 valence electrons. The number of hydrogen-bond acceptors (Lipinski definition) is 3. The first-order chi connectivity index (χ1) is 13.1. The highest BCUT2D eigenvalue weighted by molar-refractivity contribution is 8.13. The Labute approximate surface area is 168 Å². The highest BCUT2D eigenvalue weighted by Crippen LogP contribution is 2.27. The van der Waals surface area contributed by atoms with E-state index in [4.69, 9.17) is 16.6 Å². The third-order valence-electron chi connectivity index (χ3n) is 4.61. The molecule has 1 heterocycles. The fourth-order valence-corrected chi connectivity index (χ4v) is 4.21. The molecule has 27 heavy (non-hydrogen) atoms. The predicted octanol–water partition coefficient (Wildman–Crippen LogP) is 6.07. The van der Waals surface area contributed by atoms with Gasteiger partial charge in [0.1, 0.15) is 0 Å². The van der Waals surface area contributed by atoms with Crippen molar-refractivity contribution in [1.82, 2.24) is 4.90 Å². The fourth-order valence-electron chi connectivity index (χ4n) is 3.08. The summed E-state index contributed by atoms with van der Waals surface area (Å²) < 4.78 is 0. The van der Waals surface area contributed by atoms with E-state index in [1.54, 1.807) is 16.7 Å². The van der Waals surface area contributed by atoms with E-state index in [0.29, 0.717) is 17.1 Å². The normalized spacial score (nSPS) is 16.1. The SMILES string of the molecule is Cc1ccc(N=C2SCCCN2C(=O)c2ccc3ccccc3c2)cc1Cl. The Bertz CT molecular complexity index is 1050. The Hall–Kier alpha value is -2.30. The van der Waals surface area contributed by atoms with Crippen LogP contribution in [-0.2, 0) is 0 Å². The lowest BCUT2D eigenvalue weighted by Gasteiger charge is -2.28. The Morgan fingerprint density at radius 1 is 1.07 bits per heavy atom. The van der Waals surface area contributed by atoms with E-state index in [1.807, 2.05) is 67.6 Å². The Balaban J connectivity index is 1.67. The molecule has 0 aliphatic carbocycles. The van der Waals surface area contributed by atoms with Gasteiger partial charge in [0.15, 0.2) is 5.17 Å². The number of thioether (sulfide) groups is 1. The Morgan fingerprint density at radius 2 is 1.89 bits per heavy atom. The van der Waals surface area contributed by atoms with Crippen LogP contribution in [-0.4, -0.2) is 28.3 Å². The molecule has 1 aliphatic heterocycles. The van der Waals surface area contributed by atoms with Crippen molar-refractivity contribution < 1.29 is 4.79 Å². The molecule has 1 aliphatic rings. The van der Waals surface area contributed by atoms with Crippen molar-refractivity contribution >= 4 is 50.9 Å². The molecule has 0 saturated carbocycles. The fraction of sp³-hybridized carbons (Fsp3) is 0.182. The van der Waals surface area contributed by atoms with Gasteiger partial charge in [0.25, 0.3) is 5.91 Å². The highest BCUT2D eigenvalue weighted by atomic mass is 35.5. The summed E-state index contributed by atoms with van der Waals surface area (Å²) in [5.41, 5.74) is 2.47. The molecule has 0 atom stereocenters. The van der Waals surface area contributed by atoms with Crippen molar-refractivity contribution in [1.29, 1.82) is 0 Å². The lowest BCUT2D eigenvalue weighted by molar-refractivity contribution is 0.0849. The van der Waals surface area contributed by atoms with Crippen LogP contribution in [0.4, 0.5) is 5.69 Å². The number of amidine groups is 1. The quantitative estimate of drug-likeness (QED) is 0.528. The van der Waals surface area contributed by atoms with E-state index < -0.39 is 0 Å². The van der Waals surface area contributed by atoms with Crippen molar-refractivity contribution in [2.45, 2.75) is 13.3 Å². The van der Waals surface area contributed by atoms with E-state index in [1.165, 1.54) is 0 Å². The van der Waals surface area contributed by atoms with E-state index in [2.05, 4.69) is 0 Å². The Morgan fingerprint density at radius 3 is 2.70 bits per heavy atom. The summed E-state index contributed by atoms with van der Waals surface area (Å²) in [5.74, 6) is 0.949. The van der Waals surface area contributed by atoms with E-state index in [0.717, 1.165) is 39.4 Å². The number of carbonyl (C=O) groups excluding carboxylic acids is 1. The van der Waals surface area contributed by atoms with Crippen molar-refractivity contribution in [2.75, 3.05) is 12.3 Å². The highest BCUT2D eigenvalue weighted by Gasteiger charge is 2.25. The molecule has 0 radical (unpaired) electrons. The van der Waals surface area contributed by atoms with Crippen LogP contribution < -0.4 is 0 Å². The van der Waals surface area contributed by atoms with Gasteiger partial charge in [0, 0.05) is 22.9 Å². The van der Waals surface area contributed by atoms with Crippen molar-refractivity contribution in [3.8, 4) is 0 Å². The number of hydrogen-bond donors (Lipinski definition) is 0. The van der Waals surface area contributed by atoms with Gasteiger partial charge in [-0.1, -0.05) is 59.8 Å². The summed E-state index contributed by atoms with van der Waals surface area (Å²) in [6.07, 6.45) is 0.956. The predicted molar refractivity (Wildman–Crippen MR) is 115 cm³/mol. The summed E-state index contributed by atoms with van der Waals surface area (Å²) in [6, 6.07) is 19.6. The maximum Gasteiger partial charge on any atom is 0.259 e. The molecule has 3 nitrogen and oxygen atoms in total. The second-order valence-corrected chi connectivity index (χ2v) is 8.02. The molecular weight excluding hydrogens is 376 g/mol. The summed E-state index contributed by atoms with van der Waals surface area (Å²) in [7, 11) is 0. The van der Waals surface area contributed by atoms with Crippen LogP contribution in [0.15, 0.2) is 65.7 Å². The number of benzene rings is 3. The summed E-state index contributed by atoms with van der Waals surface area (Å²) in [4.78, 5) is 19.7. The van der Waals surface area contributed by atoms with Gasteiger partial charge < -0.3 is 0 Å². The standard InChI is InChI=1S/C22H19ClN2OS/c1-15-7-10-19(14-20(15)23)24-22-25(11-4-12-27-22)21(26)18-9-8-16-5-2-3-6-17(16)13-18/h2-3,5-10,13-14H,4,11-12H2,1H3. The number of nitrogens with zero attached hydrogens (tertiary/aromatic N) is 2. The largest absolute Gasteiger partial charge is 0.287 e. The second kappa shape index (κ2) is 7.75. The molecule has 0 N–H and O–H groups in total. The Kier molecular flexibility index (Phi) is 5.19. The monoisotopic (exact) mass is 394 g/mol. The molecule has 0 spiro atoms. The van der Waals surface area contributed by atoms with Gasteiger partial charge in [-0.05, 0) is 53.9 Å². The summed E-state index contributed by atoms with van der Waals surface area (Å²) in [6.45, 7) is 2.64. The molecule has 5 heteroatoms. The minimum Gasteiger partial charge on any atom is -0.287 e. The van der Waals surface area contributed by atoms with Crippen LogP contribution in [0.25, 0.3) is 10.8 Å². The van der Waals surface area contributed by atoms with Crippen molar-refractivity contribution in [3.63, 3.8) is 0 Å². The average Bonchev–Trinajstić information content (AvgIpc) is 2.70. The first-order valence-electron chi connectivity index (χ1n) is 8.90. The van der Waals surface area contributed by atoms with Crippen LogP contribution in [0, 0.1) is 6.92 Å². The van der Waals surface area contributed by atoms with Gasteiger partial charge in [0.2, 0.25) is 0 Å². The van der Waals surface area contributed by atoms with Gasteiger partial charge in [0.05, 0.1) is 5.69 Å². The van der Waals surface area contributed by atoms with E-state index >= 15 is 0 Å².